The number of amidine groups is 1. The maximum atomic E-state index is 12.5. The Balaban J connectivity index is 2.31. The second kappa shape index (κ2) is 7.78. The minimum Gasteiger partial charge on any atom is -0.409 e. The molecule has 1 unspecified atom stereocenters. The summed E-state index contributed by atoms with van der Waals surface area (Å²) < 4.78 is 61.3. The predicted octanol–water partition coefficient (Wildman–Crippen LogP) is 3.25. The minimum absolute atomic E-state index is 0.251. The van der Waals surface area contributed by atoms with Gasteiger partial charge in [0.15, 0.2) is 11.6 Å². The van der Waals surface area contributed by atoms with Crippen molar-refractivity contribution < 1.29 is 31.6 Å². The topological polar surface area (TPSA) is 95.8 Å². The Morgan fingerprint density at radius 3 is 2.22 bits per heavy atom. The van der Waals surface area contributed by atoms with Gasteiger partial charge < -0.3 is 5.21 Å². The summed E-state index contributed by atoms with van der Waals surface area (Å²) in [6, 6.07) is 14.2. The first kappa shape index (κ1) is 20.4. The number of nitrogens with one attached hydrogen (secondary N) is 1. The lowest BCUT2D eigenvalue weighted by atomic mass is 9.95. The van der Waals surface area contributed by atoms with Gasteiger partial charge in [-0.1, -0.05) is 60.6 Å². The molecular weight excluding hydrogens is 385 g/mol. The number of nitrogens with zero attached hydrogens (tertiary/aromatic N) is 1. The molecular formula is C17H15F3N2O4S. The molecule has 0 aliphatic heterocycles. The van der Waals surface area contributed by atoms with E-state index in [1.165, 1.54) is 35.9 Å². The van der Waals surface area contributed by atoms with Gasteiger partial charge in [0, 0.05) is 17.0 Å². The summed E-state index contributed by atoms with van der Waals surface area (Å²) >= 11 is 0. The second-order valence-corrected chi connectivity index (χ2v) is 7.25. The number of ketones is 1. The number of alkyl halides is 3. The van der Waals surface area contributed by atoms with E-state index in [1.807, 2.05) is 0 Å². The third-order valence-electron chi connectivity index (χ3n) is 3.75. The SMILES string of the molecule is CC(/C(=N\O)NS(=O)(=O)C(F)(F)F)c1cccc(C(=O)c2ccccc2)c1. The van der Waals surface area contributed by atoms with Crippen molar-refractivity contribution in [1.82, 2.24) is 4.72 Å². The van der Waals surface area contributed by atoms with Crippen LogP contribution in [0.2, 0.25) is 0 Å². The van der Waals surface area contributed by atoms with E-state index >= 15 is 0 Å². The van der Waals surface area contributed by atoms with E-state index in [0.717, 1.165) is 0 Å². The van der Waals surface area contributed by atoms with E-state index in [0.29, 0.717) is 5.56 Å². The van der Waals surface area contributed by atoms with Crippen LogP contribution in [0.1, 0.15) is 34.3 Å². The molecule has 2 N–H and O–H groups in total. The van der Waals surface area contributed by atoms with E-state index in [9.17, 15) is 26.4 Å². The number of carbonyl (C=O) groups is 1. The molecule has 0 saturated carbocycles. The maximum Gasteiger partial charge on any atom is 0.516 e. The van der Waals surface area contributed by atoms with Gasteiger partial charge in [0.2, 0.25) is 0 Å². The Morgan fingerprint density at radius 1 is 1.07 bits per heavy atom. The largest absolute Gasteiger partial charge is 0.516 e. The fourth-order valence-corrected chi connectivity index (χ4v) is 2.86. The smallest absolute Gasteiger partial charge is 0.409 e. The van der Waals surface area contributed by atoms with Crippen molar-refractivity contribution in [1.29, 1.82) is 0 Å². The van der Waals surface area contributed by atoms with Gasteiger partial charge in [0.1, 0.15) is 0 Å². The quantitative estimate of drug-likeness (QED) is 0.265. The molecule has 0 radical (unpaired) electrons. The normalized spacial score (nSPS) is 13.9. The van der Waals surface area contributed by atoms with Gasteiger partial charge in [-0.25, -0.2) is 0 Å². The first-order valence-corrected chi connectivity index (χ1v) is 9.06. The standard InChI is InChI=1S/C17H15F3N2O4S/c1-11(16(21-24)22-27(25,26)17(18,19)20)13-8-5-9-14(10-13)15(23)12-6-3-2-4-7-12/h2-11,24H,1H3,(H,21,22). The molecule has 0 heterocycles. The minimum atomic E-state index is -5.74. The van der Waals surface area contributed by atoms with Gasteiger partial charge in [-0.3, -0.25) is 9.52 Å². The van der Waals surface area contributed by atoms with E-state index in [1.54, 1.807) is 30.3 Å². The number of benzene rings is 2. The van der Waals surface area contributed by atoms with E-state index in [-0.39, 0.29) is 16.9 Å². The van der Waals surface area contributed by atoms with Crippen LogP contribution >= 0.6 is 0 Å². The lowest BCUT2D eigenvalue weighted by Gasteiger charge is -2.17. The monoisotopic (exact) mass is 400 g/mol. The number of hydrogen-bond donors (Lipinski definition) is 2. The van der Waals surface area contributed by atoms with Crippen molar-refractivity contribution >= 4 is 21.6 Å². The molecule has 0 spiro atoms. The van der Waals surface area contributed by atoms with Gasteiger partial charge >= 0.3 is 15.5 Å². The Kier molecular flexibility index (Phi) is 5.89. The van der Waals surface area contributed by atoms with Crippen LogP contribution in [-0.2, 0) is 10.0 Å². The van der Waals surface area contributed by atoms with E-state index in [4.69, 9.17) is 5.21 Å². The lowest BCUT2D eigenvalue weighted by molar-refractivity contribution is -0.0442. The van der Waals surface area contributed by atoms with Crippen LogP contribution in [0.3, 0.4) is 0 Å². The van der Waals surface area contributed by atoms with Crippen molar-refractivity contribution in [2.45, 2.75) is 18.3 Å². The molecule has 27 heavy (non-hydrogen) atoms. The first-order chi connectivity index (χ1) is 12.6. The molecule has 10 heteroatoms. The van der Waals surface area contributed by atoms with Crippen LogP contribution in [-0.4, -0.2) is 30.8 Å². The predicted molar refractivity (Wildman–Crippen MR) is 92.1 cm³/mol. The third-order valence-corrected chi connectivity index (χ3v) is 4.83. The number of halogens is 3. The molecule has 0 aliphatic rings. The first-order valence-electron chi connectivity index (χ1n) is 7.57. The van der Waals surface area contributed by atoms with Crippen molar-refractivity contribution in [2.75, 3.05) is 0 Å². The Labute approximate surface area is 153 Å². The van der Waals surface area contributed by atoms with Crippen LogP contribution in [0.15, 0.2) is 59.8 Å². The molecule has 144 valence electrons. The molecule has 0 aliphatic carbocycles. The molecule has 0 saturated heterocycles. The van der Waals surface area contributed by atoms with Gasteiger partial charge in [-0.15, -0.1) is 0 Å². The fourth-order valence-electron chi connectivity index (χ4n) is 2.25. The summed E-state index contributed by atoms with van der Waals surface area (Å²) in [5.41, 5.74) is -4.61. The highest BCUT2D eigenvalue weighted by Gasteiger charge is 2.47. The summed E-state index contributed by atoms with van der Waals surface area (Å²) in [7, 11) is -5.74. The molecule has 0 aromatic heterocycles. The van der Waals surface area contributed by atoms with Crippen LogP contribution in [0.25, 0.3) is 0 Å². The van der Waals surface area contributed by atoms with Gasteiger partial charge in [-0.05, 0) is 11.6 Å². The zero-order valence-corrected chi connectivity index (χ0v) is 14.8. The molecule has 6 nitrogen and oxygen atoms in total. The Morgan fingerprint density at radius 2 is 1.67 bits per heavy atom. The highest BCUT2D eigenvalue weighted by molar-refractivity contribution is 7.90. The van der Waals surface area contributed by atoms with E-state index < -0.39 is 27.3 Å². The van der Waals surface area contributed by atoms with Crippen LogP contribution < -0.4 is 4.72 Å². The van der Waals surface area contributed by atoms with Crippen LogP contribution in [0, 0.1) is 0 Å². The molecule has 2 rings (SSSR count). The highest BCUT2D eigenvalue weighted by atomic mass is 32.2. The summed E-state index contributed by atoms with van der Waals surface area (Å²) in [6.45, 7) is 1.33. The highest BCUT2D eigenvalue weighted by Crippen LogP contribution is 2.24. The number of sulfonamides is 1. The second-order valence-electron chi connectivity index (χ2n) is 5.58. The summed E-state index contributed by atoms with van der Waals surface area (Å²) in [4.78, 5) is 12.5. The maximum absolute atomic E-state index is 12.5. The number of carbonyl (C=O) groups excluding carboxylic acids is 1. The number of oxime groups is 1. The van der Waals surface area contributed by atoms with Crippen molar-refractivity contribution in [3.05, 3.63) is 71.3 Å². The fraction of sp³-hybridized carbons (Fsp3) is 0.176. The molecule has 0 bridgehead atoms. The average Bonchev–Trinajstić information content (AvgIpc) is 2.65. The Hall–Kier alpha value is -2.88. The molecule has 0 amide bonds. The van der Waals surface area contributed by atoms with Gasteiger partial charge in [0.05, 0.1) is 0 Å². The Bertz CT molecular complexity index is 958. The van der Waals surface area contributed by atoms with Crippen molar-refractivity contribution in [3.63, 3.8) is 0 Å². The average molecular weight is 400 g/mol. The third kappa shape index (κ3) is 4.64. The lowest BCUT2D eigenvalue weighted by Crippen LogP contribution is -2.42. The zero-order valence-electron chi connectivity index (χ0n) is 13.9. The molecule has 1 atom stereocenters. The van der Waals surface area contributed by atoms with E-state index in [2.05, 4.69) is 5.16 Å². The summed E-state index contributed by atoms with van der Waals surface area (Å²) in [5, 5.41) is 11.6. The van der Waals surface area contributed by atoms with Crippen molar-refractivity contribution in [3.8, 4) is 0 Å². The molecule has 2 aromatic rings. The zero-order chi connectivity index (χ0) is 20.2. The van der Waals surface area contributed by atoms with Crippen LogP contribution in [0.4, 0.5) is 13.2 Å². The summed E-state index contributed by atoms with van der Waals surface area (Å²) in [5.74, 6) is -2.20. The van der Waals surface area contributed by atoms with Gasteiger partial charge in [-0.2, -0.15) is 21.6 Å². The van der Waals surface area contributed by atoms with Crippen molar-refractivity contribution in [2.24, 2.45) is 5.16 Å². The van der Waals surface area contributed by atoms with Crippen LogP contribution in [0.5, 0.6) is 0 Å². The summed E-state index contributed by atoms with van der Waals surface area (Å²) in [6.07, 6.45) is 0. The van der Waals surface area contributed by atoms with Gasteiger partial charge in [0.25, 0.3) is 0 Å². The molecule has 0 fully saturated rings. The number of hydrogen-bond acceptors (Lipinski definition) is 5. The number of rotatable bonds is 5. The molecule has 2 aromatic carbocycles.